The molecule has 0 aromatic carbocycles. The molecular formula is C12H21NO5. The average Bonchev–Trinajstić information content (AvgIpc) is 2.52. The van der Waals surface area contributed by atoms with Crippen LogP contribution in [0.3, 0.4) is 0 Å². The summed E-state index contributed by atoms with van der Waals surface area (Å²) in [4.78, 5) is 23.3. The molecule has 0 radical (unpaired) electrons. The fourth-order valence-corrected chi connectivity index (χ4v) is 3.43. The molecule has 18 heavy (non-hydrogen) atoms. The summed E-state index contributed by atoms with van der Waals surface area (Å²) in [6, 6.07) is 0. The smallest absolute Gasteiger partial charge is 0.369 e. The summed E-state index contributed by atoms with van der Waals surface area (Å²) in [5.74, 6) is -1.28. The van der Waals surface area contributed by atoms with Crippen molar-refractivity contribution < 1.29 is 29.4 Å². The molecule has 2 N–H and O–H groups in total. The van der Waals surface area contributed by atoms with Crippen molar-refractivity contribution in [2.75, 3.05) is 6.54 Å². The van der Waals surface area contributed by atoms with Crippen molar-refractivity contribution in [1.82, 2.24) is 0 Å². The monoisotopic (exact) mass is 259 g/mol. The number of carbonyl (C=O) groups is 2. The van der Waals surface area contributed by atoms with E-state index in [1.165, 1.54) is 0 Å². The lowest BCUT2D eigenvalue weighted by Gasteiger charge is -2.53. The van der Waals surface area contributed by atoms with Crippen molar-refractivity contribution in [3.63, 3.8) is 0 Å². The summed E-state index contributed by atoms with van der Waals surface area (Å²) >= 11 is 0. The van der Waals surface area contributed by atoms with E-state index in [1.807, 2.05) is 0 Å². The third-order valence-electron chi connectivity index (χ3n) is 4.34. The lowest BCUT2D eigenvalue weighted by atomic mass is 9.84. The Bertz CT molecular complexity index is 375. The molecule has 6 nitrogen and oxygen atoms in total. The van der Waals surface area contributed by atoms with E-state index in [0.29, 0.717) is 0 Å². The number of carboxylic acid groups (broad SMARTS) is 2. The lowest BCUT2D eigenvalue weighted by molar-refractivity contribution is -0.947. The molecule has 3 atom stereocenters. The molecule has 1 aliphatic rings. The minimum atomic E-state index is -1.74. The van der Waals surface area contributed by atoms with Crippen LogP contribution in [0.2, 0.25) is 0 Å². The second-order valence-electron chi connectivity index (χ2n) is 5.86. The van der Waals surface area contributed by atoms with Gasteiger partial charge in [0.25, 0.3) is 6.09 Å². The predicted octanol–water partition coefficient (Wildman–Crippen LogP) is -0.0570. The van der Waals surface area contributed by atoms with Gasteiger partial charge in [-0.1, -0.05) is 6.92 Å². The van der Waals surface area contributed by atoms with Gasteiger partial charge in [-0.25, -0.2) is 4.79 Å². The summed E-state index contributed by atoms with van der Waals surface area (Å²) in [7, 11) is 0. The zero-order valence-corrected chi connectivity index (χ0v) is 11.3. The average molecular weight is 259 g/mol. The molecular weight excluding hydrogens is 238 g/mol. The van der Waals surface area contributed by atoms with Crippen molar-refractivity contribution in [3.8, 4) is 0 Å². The number of carboxylic acids is 1. The van der Waals surface area contributed by atoms with Gasteiger partial charge in [0.1, 0.15) is 6.10 Å². The molecule has 104 valence electrons. The standard InChI is InChI=1S/C12H21NO5/c1-5-12(9(15)16)8(14)6-7-13(12,10(17)18)11(2,3)4/h8,14H,5-7H2,1-4H3,(H-,15,16,17,18)/t8-,12-,13?/m0/s1. The molecule has 0 aromatic rings. The minimum Gasteiger partial charge on any atom is -0.498 e. The predicted molar refractivity (Wildman–Crippen MR) is 61.6 cm³/mol. The fourth-order valence-electron chi connectivity index (χ4n) is 3.43. The topological polar surface area (TPSA) is 97.7 Å². The van der Waals surface area contributed by atoms with Crippen LogP contribution in [0, 0.1) is 0 Å². The van der Waals surface area contributed by atoms with Crippen LogP contribution in [0.15, 0.2) is 0 Å². The maximum absolute atomic E-state index is 11.7. The number of quaternary nitrogens is 1. The molecule has 0 bridgehead atoms. The number of amides is 1. The van der Waals surface area contributed by atoms with Crippen molar-refractivity contribution in [2.24, 2.45) is 0 Å². The summed E-state index contributed by atoms with van der Waals surface area (Å²) < 4.78 is -0.743. The SMILES string of the molecule is CC[C@@]1(C(=O)O)[C@@H](O)CC[N+]1(C(=O)[O-])C(C)(C)C. The third kappa shape index (κ3) is 1.48. The van der Waals surface area contributed by atoms with E-state index in [9.17, 15) is 24.9 Å². The fraction of sp³-hybridized carbons (Fsp3) is 0.833. The summed E-state index contributed by atoms with van der Waals surface area (Å²) in [6.45, 7) is 6.63. The van der Waals surface area contributed by atoms with Crippen LogP contribution in [0.4, 0.5) is 4.79 Å². The van der Waals surface area contributed by atoms with Gasteiger partial charge in [-0.15, -0.1) is 0 Å². The van der Waals surface area contributed by atoms with E-state index >= 15 is 0 Å². The normalized spacial score (nSPS) is 36.6. The van der Waals surface area contributed by atoms with E-state index in [2.05, 4.69) is 0 Å². The molecule has 0 saturated carbocycles. The number of aliphatic carboxylic acids is 1. The van der Waals surface area contributed by atoms with Gasteiger partial charge in [0.2, 0.25) is 5.54 Å². The minimum absolute atomic E-state index is 0.0365. The molecule has 1 unspecified atom stereocenters. The first-order chi connectivity index (χ1) is 8.08. The number of nitrogens with zero attached hydrogens (tertiary/aromatic N) is 1. The summed E-state index contributed by atoms with van der Waals surface area (Å²) in [5, 5.41) is 31.3. The molecule has 1 rings (SSSR count). The lowest BCUT2D eigenvalue weighted by Crippen LogP contribution is -2.79. The van der Waals surface area contributed by atoms with Gasteiger partial charge in [-0.3, -0.25) is 4.48 Å². The molecule has 0 aliphatic carbocycles. The van der Waals surface area contributed by atoms with E-state index in [1.54, 1.807) is 27.7 Å². The van der Waals surface area contributed by atoms with Crippen LogP contribution in [-0.2, 0) is 4.79 Å². The number of hydrogen-bond donors (Lipinski definition) is 2. The first-order valence-electron chi connectivity index (χ1n) is 6.09. The molecule has 1 heterocycles. The van der Waals surface area contributed by atoms with Crippen molar-refractivity contribution in [1.29, 1.82) is 0 Å². The molecule has 0 spiro atoms. The Morgan fingerprint density at radius 2 is 1.94 bits per heavy atom. The van der Waals surface area contributed by atoms with Crippen molar-refractivity contribution in [2.45, 2.75) is 57.7 Å². The Hall–Kier alpha value is -1.14. The Kier molecular flexibility index (Phi) is 3.49. The number of carbonyl (C=O) groups excluding carboxylic acids is 1. The van der Waals surface area contributed by atoms with E-state index in [-0.39, 0.29) is 19.4 Å². The maximum atomic E-state index is 11.7. The highest BCUT2D eigenvalue weighted by Crippen LogP contribution is 2.46. The van der Waals surface area contributed by atoms with Gasteiger partial charge in [-0.05, 0) is 20.8 Å². The van der Waals surface area contributed by atoms with E-state index in [0.717, 1.165) is 0 Å². The van der Waals surface area contributed by atoms with Gasteiger partial charge in [0.15, 0.2) is 0 Å². The van der Waals surface area contributed by atoms with Gasteiger partial charge in [0.05, 0.1) is 12.1 Å². The van der Waals surface area contributed by atoms with Crippen LogP contribution in [0.1, 0.15) is 40.5 Å². The van der Waals surface area contributed by atoms with Crippen LogP contribution in [-0.4, -0.2) is 50.5 Å². The molecule has 1 amide bonds. The summed E-state index contributed by atoms with van der Waals surface area (Å²) in [6.07, 6.45) is -2.44. The number of aliphatic hydroxyl groups is 1. The van der Waals surface area contributed by atoms with Gasteiger partial charge >= 0.3 is 5.97 Å². The number of likely N-dealkylation sites (tertiary alicyclic amines) is 1. The molecule has 1 fully saturated rings. The number of hydrogen-bond acceptors (Lipinski definition) is 4. The highest BCUT2D eigenvalue weighted by molar-refractivity contribution is 5.81. The molecule has 1 saturated heterocycles. The van der Waals surface area contributed by atoms with Crippen LogP contribution < -0.4 is 5.11 Å². The zero-order valence-electron chi connectivity index (χ0n) is 11.3. The Labute approximate surface area is 106 Å². The first-order valence-corrected chi connectivity index (χ1v) is 6.09. The van der Waals surface area contributed by atoms with E-state index < -0.39 is 33.7 Å². The summed E-state index contributed by atoms with van der Waals surface area (Å²) in [5.41, 5.74) is -2.61. The number of rotatable bonds is 2. The Morgan fingerprint density at radius 3 is 2.17 bits per heavy atom. The van der Waals surface area contributed by atoms with Crippen LogP contribution >= 0.6 is 0 Å². The van der Waals surface area contributed by atoms with Gasteiger partial charge in [-0.2, -0.15) is 0 Å². The van der Waals surface area contributed by atoms with Crippen molar-refractivity contribution >= 4 is 12.1 Å². The largest absolute Gasteiger partial charge is 0.498 e. The van der Waals surface area contributed by atoms with Gasteiger partial charge < -0.3 is 20.1 Å². The highest BCUT2D eigenvalue weighted by Gasteiger charge is 2.70. The highest BCUT2D eigenvalue weighted by atomic mass is 16.4. The van der Waals surface area contributed by atoms with Crippen LogP contribution in [0.5, 0.6) is 0 Å². The Balaban J connectivity index is 3.61. The van der Waals surface area contributed by atoms with Gasteiger partial charge in [0, 0.05) is 12.8 Å². The number of aliphatic hydroxyl groups excluding tert-OH is 1. The zero-order chi connectivity index (χ0) is 14.4. The van der Waals surface area contributed by atoms with Crippen LogP contribution in [0.25, 0.3) is 0 Å². The second-order valence-corrected chi connectivity index (χ2v) is 5.86. The van der Waals surface area contributed by atoms with E-state index in [4.69, 9.17) is 0 Å². The second kappa shape index (κ2) is 4.20. The third-order valence-corrected chi connectivity index (χ3v) is 4.34. The quantitative estimate of drug-likeness (QED) is 0.677. The first kappa shape index (κ1) is 14.9. The molecule has 6 heteroatoms. The maximum Gasteiger partial charge on any atom is 0.369 e. The van der Waals surface area contributed by atoms with Crippen molar-refractivity contribution in [3.05, 3.63) is 0 Å². The molecule has 0 aromatic heterocycles. The molecule has 1 aliphatic heterocycles. The Morgan fingerprint density at radius 1 is 1.44 bits per heavy atom.